The molecule has 0 saturated carbocycles. The highest BCUT2D eigenvalue weighted by Crippen LogP contribution is 2.24. The molecule has 0 aliphatic carbocycles. The van der Waals surface area contributed by atoms with Crippen LogP contribution >= 0.6 is 38.6 Å². The molecule has 98 valence electrons. The zero-order chi connectivity index (χ0) is 13.2. The third kappa shape index (κ3) is 3.05. The van der Waals surface area contributed by atoms with Gasteiger partial charge in [-0.3, -0.25) is 4.98 Å². The fraction of sp³-hybridized carbons (Fsp3) is 0.214. The fourth-order valence-electron chi connectivity index (χ4n) is 1.92. The second-order valence-corrected chi connectivity index (χ2v) is 7.88. The number of nitrogens with zero attached hydrogens (tertiary/aromatic N) is 1. The maximum Gasteiger partial charge on any atom is 0.0809 e. The molecule has 0 aliphatic heterocycles. The van der Waals surface area contributed by atoms with Crippen LogP contribution in [-0.2, 0) is 6.54 Å². The Hall–Kier alpha value is -0.750. The standard InChI is InChI=1S/C14H13BrN2S2/c1-9(16-8-11-2-3-14(15)19-11)10-6-13-12(17-7-10)4-5-18-13/h2-7,9,16H,8H2,1H3. The Kier molecular flexibility index (Phi) is 3.98. The first-order valence-corrected chi connectivity index (χ1v) is 8.52. The first-order valence-electron chi connectivity index (χ1n) is 6.03. The van der Waals surface area contributed by atoms with Gasteiger partial charge in [-0.2, -0.15) is 0 Å². The van der Waals surface area contributed by atoms with Gasteiger partial charge in [0.2, 0.25) is 0 Å². The van der Waals surface area contributed by atoms with E-state index >= 15 is 0 Å². The van der Waals surface area contributed by atoms with Crippen molar-refractivity contribution < 1.29 is 0 Å². The number of aromatic nitrogens is 1. The highest BCUT2D eigenvalue weighted by Gasteiger charge is 2.08. The average Bonchev–Trinajstić information content (AvgIpc) is 3.03. The lowest BCUT2D eigenvalue weighted by molar-refractivity contribution is 0.578. The van der Waals surface area contributed by atoms with E-state index in [1.54, 1.807) is 22.7 Å². The van der Waals surface area contributed by atoms with E-state index in [1.807, 2.05) is 6.20 Å². The molecule has 3 aromatic heterocycles. The Morgan fingerprint density at radius 2 is 2.26 bits per heavy atom. The first-order chi connectivity index (χ1) is 9.22. The summed E-state index contributed by atoms with van der Waals surface area (Å²) in [6, 6.07) is 8.83. The predicted molar refractivity (Wildman–Crippen MR) is 86.9 cm³/mol. The SMILES string of the molecule is CC(NCc1ccc(Br)s1)c1cnc2ccsc2c1. The zero-order valence-corrected chi connectivity index (χ0v) is 13.6. The number of pyridine rings is 1. The van der Waals surface area contributed by atoms with Crippen molar-refractivity contribution in [1.29, 1.82) is 0 Å². The molecule has 1 unspecified atom stereocenters. The van der Waals surface area contributed by atoms with Crippen molar-refractivity contribution in [3.8, 4) is 0 Å². The largest absolute Gasteiger partial charge is 0.305 e. The van der Waals surface area contributed by atoms with E-state index in [0.29, 0.717) is 6.04 Å². The van der Waals surface area contributed by atoms with Crippen LogP contribution in [0.3, 0.4) is 0 Å². The van der Waals surface area contributed by atoms with Gasteiger partial charge in [-0.1, -0.05) is 0 Å². The van der Waals surface area contributed by atoms with Crippen molar-refractivity contribution in [2.45, 2.75) is 19.5 Å². The Morgan fingerprint density at radius 1 is 1.37 bits per heavy atom. The molecule has 3 aromatic rings. The summed E-state index contributed by atoms with van der Waals surface area (Å²) in [5.74, 6) is 0. The first kappa shape index (κ1) is 13.2. The molecular weight excluding hydrogens is 340 g/mol. The molecule has 0 aliphatic rings. The maximum atomic E-state index is 4.49. The van der Waals surface area contributed by atoms with Gasteiger partial charge in [-0.15, -0.1) is 22.7 Å². The van der Waals surface area contributed by atoms with Crippen molar-refractivity contribution in [2.24, 2.45) is 0 Å². The van der Waals surface area contributed by atoms with Crippen LogP contribution in [0, 0.1) is 0 Å². The molecule has 19 heavy (non-hydrogen) atoms. The van der Waals surface area contributed by atoms with Crippen molar-refractivity contribution >= 4 is 48.8 Å². The molecule has 0 radical (unpaired) electrons. The monoisotopic (exact) mass is 352 g/mol. The van der Waals surface area contributed by atoms with Gasteiger partial charge in [0.25, 0.3) is 0 Å². The smallest absolute Gasteiger partial charge is 0.0809 e. The van der Waals surface area contributed by atoms with Crippen molar-refractivity contribution in [1.82, 2.24) is 10.3 Å². The minimum absolute atomic E-state index is 0.305. The second-order valence-electron chi connectivity index (χ2n) is 4.38. The summed E-state index contributed by atoms with van der Waals surface area (Å²) < 4.78 is 2.43. The van der Waals surface area contributed by atoms with Gasteiger partial charge in [-0.25, -0.2) is 0 Å². The molecule has 5 heteroatoms. The zero-order valence-electron chi connectivity index (χ0n) is 10.4. The van der Waals surface area contributed by atoms with E-state index in [2.05, 4.69) is 62.8 Å². The van der Waals surface area contributed by atoms with Crippen LogP contribution in [0.2, 0.25) is 0 Å². The third-order valence-electron chi connectivity index (χ3n) is 3.04. The van der Waals surface area contributed by atoms with E-state index in [1.165, 1.54) is 18.9 Å². The lowest BCUT2D eigenvalue weighted by atomic mass is 10.1. The topological polar surface area (TPSA) is 24.9 Å². The second kappa shape index (κ2) is 5.71. The van der Waals surface area contributed by atoms with E-state index < -0.39 is 0 Å². The predicted octanol–water partition coefficient (Wildman–Crippen LogP) is 4.97. The lowest BCUT2D eigenvalue weighted by Gasteiger charge is -2.13. The van der Waals surface area contributed by atoms with Crippen LogP contribution in [-0.4, -0.2) is 4.98 Å². The quantitative estimate of drug-likeness (QED) is 0.716. The minimum atomic E-state index is 0.305. The molecule has 3 heterocycles. The summed E-state index contributed by atoms with van der Waals surface area (Å²) >= 11 is 7.00. The van der Waals surface area contributed by atoms with Gasteiger partial charge in [0.15, 0.2) is 0 Å². The van der Waals surface area contributed by atoms with Crippen LogP contribution in [0.25, 0.3) is 10.2 Å². The molecule has 0 aromatic carbocycles. The summed E-state index contributed by atoms with van der Waals surface area (Å²) in [7, 11) is 0. The summed E-state index contributed by atoms with van der Waals surface area (Å²) in [6.07, 6.45) is 1.97. The Labute approximate surface area is 128 Å². The molecule has 0 fully saturated rings. The Bertz CT molecular complexity index is 689. The van der Waals surface area contributed by atoms with Crippen molar-refractivity contribution in [3.05, 3.63) is 50.1 Å². The number of nitrogens with one attached hydrogen (secondary N) is 1. The number of rotatable bonds is 4. The van der Waals surface area contributed by atoms with Crippen LogP contribution < -0.4 is 5.32 Å². The fourth-order valence-corrected chi connectivity index (χ4v) is 4.14. The number of hydrogen-bond donors (Lipinski definition) is 1. The summed E-state index contributed by atoms with van der Waals surface area (Å²) in [6.45, 7) is 3.07. The van der Waals surface area contributed by atoms with Gasteiger partial charge in [0.05, 0.1) is 14.0 Å². The molecule has 0 bridgehead atoms. The minimum Gasteiger partial charge on any atom is -0.305 e. The molecule has 1 atom stereocenters. The number of halogens is 1. The number of fused-ring (bicyclic) bond motifs is 1. The van der Waals surface area contributed by atoms with Crippen molar-refractivity contribution in [2.75, 3.05) is 0 Å². The summed E-state index contributed by atoms with van der Waals surface area (Å²) in [4.78, 5) is 5.82. The van der Waals surface area contributed by atoms with E-state index in [0.717, 1.165) is 12.1 Å². The molecule has 3 rings (SSSR count). The molecule has 0 saturated heterocycles. The lowest BCUT2D eigenvalue weighted by Crippen LogP contribution is -2.17. The molecule has 0 spiro atoms. The Morgan fingerprint density at radius 3 is 3.05 bits per heavy atom. The highest BCUT2D eigenvalue weighted by molar-refractivity contribution is 9.11. The molecule has 1 N–H and O–H groups in total. The summed E-state index contributed by atoms with van der Waals surface area (Å²) in [5.41, 5.74) is 2.33. The van der Waals surface area contributed by atoms with Crippen LogP contribution in [0.15, 0.2) is 39.6 Å². The number of thiophene rings is 2. The van der Waals surface area contributed by atoms with Gasteiger partial charge in [0.1, 0.15) is 0 Å². The van der Waals surface area contributed by atoms with Gasteiger partial charge in [-0.05, 0) is 58.1 Å². The van der Waals surface area contributed by atoms with E-state index in [4.69, 9.17) is 0 Å². The van der Waals surface area contributed by atoms with Gasteiger partial charge in [0, 0.05) is 23.7 Å². The average molecular weight is 353 g/mol. The van der Waals surface area contributed by atoms with Crippen LogP contribution in [0.1, 0.15) is 23.4 Å². The Balaban J connectivity index is 1.70. The maximum absolute atomic E-state index is 4.49. The van der Waals surface area contributed by atoms with Gasteiger partial charge >= 0.3 is 0 Å². The van der Waals surface area contributed by atoms with Crippen LogP contribution in [0.5, 0.6) is 0 Å². The molecule has 0 amide bonds. The normalized spacial score (nSPS) is 12.9. The van der Waals surface area contributed by atoms with Gasteiger partial charge < -0.3 is 5.32 Å². The van der Waals surface area contributed by atoms with E-state index in [9.17, 15) is 0 Å². The van der Waals surface area contributed by atoms with E-state index in [-0.39, 0.29) is 0 Å². The highest BCUT2D eigenvalue weighted by atomic mass is 79.9. The van der Waals surface area contributed by atoms with Crippen molar-refractivity contribution in [3.63, 3.8) is 0 Å². The molecular formula is C14H13BrN2S2. The third-order valence-corrected chi connectivity index (χ3v) is 5.51. The number of hydrogen-bond acceptors (Lipinski definition) is 4. The summed E-state index contributed by atoms with van der Waals surface area (Å²) in [5, 5.41) is 5.63. The molecule has 2 nitrogen and oxygen atoms in total. The van der Waals surface area contributed by atoms with Crippen LogP contribution in [0.4, 0.5) is 0 Å².